The van der Waals surface area contributed by atoms with Crippen molar-refractivity contribution >= 4 is 18.3 Å². The number of amides is 1. The number of hydrogen-bond acceptors (Lipinski definition) is 3. The summed E-state index contributed by atoms with van der Waals surface area (Å²) < 4.78 is 1.91. The lowest BCUT2D eigenvalue weighted by atomic mass is 9.85. The van der Waals surface area contributed by atoms with Crippen LogP contribution < -0.4 is 10.6 Å². The molecule has 1 amide bonds. The van der Waals surface area contributed by atoms with Crippen LogP contribution in [0.2, 0.25) is 0 Å². The number of hydrogen-bond donors (Lipinski definition) is 2. The molecule has 1 aromatic carbocycles. The molecule has 2 atom stereocenters. The lowest BCUT2D eigenvalue weighted by Crippen LogP contribution is -2.35. The maximum atomic E-state index is 12.2. The molecule has 0 radical (unpaired) electrons. The second-order valence-electron chi connectivity index (χ2n) is 7.10. The van der Waals surface area contributed by atoms with E-state index in [1.807, 2.05) is 35.3 Å². The predicted molar refractivity (Wildman–Crippen MR) is 106 cm³/mol. The van der Waals surface area contributed by atoms with Gasteiger partial charge in [-0.05, 0) is 43.3 Å². The van der Waals surface area contributed by atoms with E-state index in [1.165, 1.54) is 18.4 Å². The van der Waals surface area contributed by atoms with E-state index in [9.17, 15) is 4.79 Å². The van der Waals surface area contributed by atoms with Gasteiger partial charge in [0.2, 0.25) is 5.91 Å². The van der Waals surface area contributed by atoms with Gasteiger partial charge in [-0.15, -0.1) is 12.4 Å². The zero-order valence-electron chi connectivity index (χ0n) is 15.4. The number of carbonyl (C=O) groups excluding carboxylic acids is 1. The van der Waals surface area contributed by atoms with Gasteiger partial charge in [0.15, 0.2) is 0 Å². The van der Waals surface area contributed by atoms with E-state index in [1.54, 1.807) is 0 Å². The van der Waals surface area contributed by atoms with Gasteiger partial charge in [-0.3, -0.25) is 9.48 Å². The third-order valence-corrected chi connectivity index (χ3v) is 5.01. The number of rotatable bonds is 7. The van der Waals surface area contributed by atoms with Gasteiger partial charge >= 0.3 is 0 Å². The van der Waals surface area contributed by atoms with E-state index in [-0.39, 0.29) is 18.3 Å². The molecule has 2 heterocycles. The highest BCUT2D eigenvalue weighted by Crippen LogP contribution is 2.22. The normalized spacial score (nSPS) is 18.0. The van der Waals surface area contributed by atoms with Crippen molar-refractivity contribution in [2.45, 2.75) is 39.3 Å². The van der Waals surface area contributed by atoms with Crippen LogP contribution in [0.25, 0.3) is 0 Å². The monoisotopic (exact) mass is 376 g/mol. The standard InChI is InChI=1S/C20H28N4O.ClH/c1-16(19-8-5-9-21-13-19)10-20(25)22-11-18-12-23-24(15-18)14-17-6-3-2-4-7-17;/h2-4,6-7,12,15-16,19,21H,5,8-11,13-14H2,1H3,(H,22,25);1H. The first-order valence-electron chi connectivity index (χ1n) is 9.23. The van der Waals surface area contributed by atoms with Crippen LogP contribution in [0.1, 0.15) is 37.3 Å². The first kappa shape index (κ1) is 20.5. The lowest BCUT2D eigenvalue weighted by Gasteiger charge is -2.27. The molecule has 1 aromatic heterocycles. The van der Waals surface area contributed by atoms with Crippen LogP contribution in [0, 0.1) is 11.8 Å². The minimum absolute atomic E-state index is 0. The topological polar surface area (TPSA) is 59.0 Å². The number of aromatic nitrogens is 2. The highest BCUT2D eigenvalue weighted by Gasteiger charge is 2.21. The third kappa shape index (κ3) is 6.15. The SMILES string of the molecule is CC(CC(=O)NCc1cnn(Cc2ccccc2)c1)C1CCCNC1.Cl. The Kier molecular flexibility index (Phi) is 8.13. The average Bonchev–Trinajstić information content (AvgIpc) is 3.09. The molecule has 1 fully saturated rings. The Balaban J connectivity index is 0.00000243. The van der Waals surface area contributed by atoms with Crippen molar-refractivity contribution in [1.82, 2.24) is 20.4 Å². The molecule has 1 saturated heterocycles. The van der Waals surface area contributed by atoms with Gasteiger partial charge in [0.05, 0.1) is 12.7 Å². The summed E-state index contributed by atoms with van der Waals surface area (Å²) in [5.41, 5.74) is 2.26. The van der Waals surface area contributed by atoms with Crippen molar-refractivity contribution in [2.24, 2.45) is 11.8 Å². The Bertz CT molecular complexity index is 667. The Morgan fingerprint density at radius 3 is 2.88 bits per heavy atom. The van der Waals surface area contributed by atoms with Crippen molar-refractivity contribution < 1.29 is 4.79 Å². The molecule has 1 aliphatic rings. The predicted octanol–water partition coefficient (Wildman–Crippen LogP) is 3.00. The summed E-state index contributed by atoms with van der Waals surface area (Å²) in [6.07, 6.45) is 6.88. The second-order valence-corrected chi connectivity index (χ2v) is 7.10. The van der Waals surface area contributed by atoms with Crippen molar-refractivity contribution in [3.05, 3.63) is 53.9 Å². The zero-order valence-corrected chi connectivity index (χ0v) is 16.2. The van der Waals surface area contributed by atoms with Gasteiger partial charge in [-0.2, -0.15) is 5.10 Å². The summed E-state index contributed by atoms with van der Waals surface area (Å²) >= 11 is 0. The maximum absolute atomic E-state index is 12.2. The molecule has 0 bridgehead atoms. The summed E-state index contributed by atoms with van der Waals surface area (Å²) in [5, 5.41) is 10.8. The highest BCUT2D eigenvalue weighted by molar-refractivity contribution is 5.85. The van der Waals surface area contributed by atoms with E-state index in [0.29, 0.717) is 24.8 Å². The summed E-state index contributed by atoms with van der Waals surface area (Å²) in [4.78, 5) is 12.2. The largest absolute Gasteiger partial charge is 0.352 e. The van der Waals surface area contributed by atoms with Crippen LogP contribution in [0.4, 0.5) is 0 Å². The molecular weight excluding hydrogens is 348 g/mol. The highest BCUT2D eigenvalue weighted by atomic mass is 35.5. The van der Waals surface area contributed by atoms with Crippen LogP contribution in [0.15, 0.2) is 42.7 Å². The number of benzene rings is 1. The van der Waals surface area contributed by atoms with Crippen LogP contribution in [0.5, 0.6) is 0 Å². The molecule has 2 unspecified atom stereocenters. The number of piperidine rings is 1. The van der Waals surface area contributed by atoms with Gasteiger partial charge in [0.25, 0.3) is 0 Å². The van der Waals surface area contributed by atoms with Gasteiger partial charge in [0.1, 0.15) is 0 Å². The fourth-order valence-electron chi connectivity index (χ4n) is 3.45. The second kappa shape index (κ2) is 10.3. The first-order valence-corrected chi connectivity index (χ1v) is 9.23. The summed E-state index contributed by atoms with van der Waals surface area (Å²) in [6, 6.07) is 10.2. The van der Waals surface area contributed by atoms with Crippen LogP contribution in [-0.4, -0.2) is 28.8 Å². The fraction of sp³-hybridized carbons (Fsp3) is 0.500. The Labute approximate surface area is 162 Å². The minimum atomic E-state index is 0. The smallest absolute Gasteiger partial charge is 0.220 e. The van der Waals surface area contributed by atoms with Gasteiger partial charge in [-0.1, -0.05) is 37.3 Å². The molecular formula is C20H29ClN4O. The van der Waals surface area contributed by atoms with Gasteiger partial charge in [0, 0.05) is 24.7 Å². The van der Waals surface area contributed by atoms with Crippen molar-refractivity contribution in [3.8, 4) is 0 Å². The summed E-state index contributed by atoms with van der Waals surface area (Å²) in [7, 11) is 0. The maximum Gasteiger partial charge on any atom is 0.220 e. The zero-order chi connectivity index (χ0) is 17.5. The van der Waals surface area contributed by atoms with Crippen LogP contribution >= 0.6 is 12.4 Å². The Morgan fingerprint density at radius 1 is 1.35 bits per heavy atom. The molecule has 5 nitrogen and oxygen atoms in total. The molecule has 3 rings (SSSR count). The molecule has 2 N–H and O–H groups in total. The first-order chi connectivity index (χ1) is 12.2. The number of nitrogens with one attached hydrogen (secondary N) is 2. The fourth-order valence-corrected chi connectivity index (χ4v) is 3.45. The number of halogens is 1. The summed E-state index contributed by atoms with van der Waals surface area (Å²) in [6.45, 7) is 5.64. The number of nitrogens with zero attached hydrogens (tertiary/aromatic N) is 2. The Morgan fingerprint density at radius 2 is 2.15 bits per heavy atom. The van der Waals surface area contributed by atoms with Crippen LogP contribution in [-0.2, 0) is 17.9 Å². The molecule has 1 aliphatic heterocycles. The van der Waals surface area contributed by atoms with Gasteiger partial charge in [-0.25, -0.2) is 0 Å². The summed E-state index contributed by atoms with van der Waals surface area (Å²) in [5.74, 6) is 1.18. The van der Waals surface area contributed by atoms with E-state index in [2.05, 4.69) is 34.8 Å². The Hall–Kier alpha value is -1.85. The molecule has 0 spiro atoms. The molecule has 2 aromatic rings. The van der Waals surface area contributed by atoms with E-state index >= 15 is 0 Å². The van der Waals surface area contributed by atoms with Crippen molar-refractivity contribution in [3.63, 3.8) is 0 Å². The molecule has 0 aliphatic carbocycles. The lowest BCUT2D eigenvalue weighted by molar-refractivity contribution is -0.122. The van der Waals surface area contributed by atoms with Crippen LogP contribution in [0.3, 0.4) is 0 Å². The van der Waals surface area contributed by atoms with E-state index in [4.69, 9.17) is 0 Å². The quantitative estimate of drug-likeness (QED) is 0.781. The third-order valence-electron chi connectivity index (χ3n) is 5.01. The minimum Gasteiger partial charge on any atom is -0.352 e. The van der Waals surface area contributed by atoms with Crippen molar-refractivity contribution in [1.29, 1.82) is 0 Å². The molecule has 26 heavy (non-hydrogen) atoms. The average molecular weight is 377 g/mol. The molecule has 142 valence electrons. The molecule has 6 heteroatoms. The van der Waals surface area contributed by atoms with E-state index in [0.717, 1.165) is 25.2 Å². The van der Waals surface area contributed by atoms with Gasteiger partial charge < -0.3 is 10.6 Å². The number of carbonyl (C=O) groups is 1. The molecule has 0 saturated carbocycles. The van der Waals surface area contributed by atoms with E-state index < -0.39 is 0 Å². The van der Waals surface area contributed by atoms with Crippen molar-refractivity contribution in [2.75, 3.05) is 13.1 Å².